The fourth-order valence-corrected chi connectivity index (χ4v) is 2.25. The first kappa shape index (κ1) is 13.5. The lowest BCUT2D eigenvalue weighted by atomic mass is 10.1. The highest BCUT2D eigenvalue weighted by Gasteiger charge is 2.03. The molecule has 0 fully saturated rings. The maximum Gasteiger partial charge on any atom is 0.145 e. The van der Waals surface area contributed by atoms with E-state index < -0.39 is 0 Å². The summed E-state index contributed by atoms with van der Waals surface area (Å²) in [5.74, 6) is 0. The van der Waals surface area contributed by atoms with E-state index in [0.717, 1.165) is 22.3 Å². The molecule has 0 amide bonds. The summed E-state index contributed by atoms with van der Waals surface area (Å²) in [6.07, 6.45) is 5.49. The molecule has 2 aromatic heterocycles. The van der Waals surface area contributed by atoms with Gasteiger partial charge in [-0.3, -0.25) is 0 Å². The Hall–Kier alpha value is -3.50. The second-order valence-corrected chi connectivity index (χ2v) is 4.77. The molecule has 4 nitrogen and oxygen atoms in total. The smallest absolute Gasteiger partial charge is 0.145 e. The molecule has 1 N–H and O–H groups in total. The van der Waals surface area contributed by atoms with Gasteiger partial charge in [0.1, 0.15) is 17.7 Å². The minimum Gasteiger partial charge on any atom is -0.360 e. The van der Waals surface area contributed by atoms with E-state index in [9.17, 15) is 0 Å². The summed E-state index contributed by atoms with van der Waals surface area (Å²) < 4.78 is 2.07. The van der Waals surface area contributed by atoms with Crippen molar-refractivity contribution in [2.45, 2.75) is 0 Å². The van der Waals surface area contributed by atoms with Crippen LogP contribution in [0.25, 0.3) is 16.6 Å². The lowest BCUT2D eigenvalue weighted by Gasteiger charge is -2.03. The van der Waals surface area contributed by atoms with Gasteiger partial charge >= 0.3 is 0 Å². The molecular weight excluding hydrogens is 272 g/mol. The highest BCUT2D eigenvalue weighted by atomic mass is 14.9. The third kappa shape index (κ3) is 2.67. The second kappa shape index (κ2) is 5.87. The lowest BCUT2D eigenvalue weighted by Crippen LogP contribution is -1.90. The van der Waals surface area contributed by atoms with Gasteiger partial charge in [0, 0.05) is 35.4 Å². The Morgan fingerprint density at radius 1 is 1.00 bits per heavy atom. The number of fused-ring (bicyclic) bond motifs is 1. The third-order valence-corrected chi connectivity index (χ3v) is 3.32. The molecule has 104 valence electrons. The Bertz CT molecular complexity index is 886. The number of pyridine rings is 1. The summed E-state index contributed by atoms with van der Waals surface area (Å²) in [4.78, 5) is 0. The van der Waals surface area contributed by atoms with Crippen molar-refractivity contribution in [2.75, 3.05) is 5.32 Å². The van der Waals surface area contributed by atoms with Gasteiger partial charge in [0.2, 0.25) is 0 Å². The number of nitriles is 2. The number of allylic oxidation sites excluding steroid dienone is 1. The fraction of sp³-hybridized carbons (Fsp3) is 0. The van der Waals surface area contributed by atoms with E-state index in [-0.39, 0.29) is 5.57 Å². The van der Waals surface area contributed by atoms with E-state index in [2.05, 4.69) is 28.0 Å². The second-order valence-electron chi connectivity index (χ2n) is 4.77. The lowest BCUT2D eigenvalue weighted by molar-refractivity contribution is 1.20. The summed E-state index contributed by atoms with van der Waals surface area (Å²) in [6, 6.07) is 19.6. The minimum absolute atomic E-state index is 0.0417. The number of nitrogens with one attached hydrogen (secondary N) is 1. The summed E-state index contributed by atoms with van der Waals surface area (Å²) in [6.45, 7) is 0. The number of nitrogens with zero attached hydrogens (tertiary/aromatic N) is 3. The van der Waals surface area contributed by atoms with Gasteiger partial charge < -0.3 is 9.72 Å². The first-order chi connectivity index (χ1) is 10.8. The monoisotopic (exact) mass is 284 g/mol. The SMILES string of the molecule is N#CC(C#N)=CNc1cccc(-c2cc3ccccn3c2)c1. The molecule has 0 saturated carbocycles. The van der Waals surface area contributed by atoms with Gasteiger partial charge in [-0.25, -0.2) is 0 Å². The number of hydrogen-bond acceptors (Lipinski definition) is 3. The van der Waals surface area contributed by atoms with E-state index in [1.807, 2.05) is 54.7 Å². The van der Waals surface area contributed by atoms with Crippen LogP contribution in [0.3, 0.4) is 0 Å². The molecule has 0 aliphatic rings. The predicted molar refractivity (Wildman–Crippen MR) is 85.8 cm³/mol. The normalized spacial score (nSPS) is 9.73. The van der Waals surface area contributed by atoms with Gasteiger partial charge in [-0.2, -0.15) is 10.5 Å². The van der Waals surface area contributed by atoms with Crippen LogP contribution in [0.4, 0.5) is 5.69 Å². The van der Waals surface area contributed by atoms with E-state index in [4.69, 9.17) is 10.5 Å². The Balaban J connectivity index is 1.93. The number of aromatic nitrogens is 1. The molecule has 4 heteroatoms. The summed E-state index contributed by atoms with van der Waals surface area (Å²) in [7, 11) is 0. The van der Waals surface area contributed by atoms with Crippen molar-refractivity contribution in [1.29, 1.82) is 10.5 Å². The van der Waals surface area contributed by atoms with Crippen LogP contribution in [0, 0.1) is 22.7 Å². The predicted octanol–water partition coefficient (Wildman–Crippen LogP) is 3.95. The van der Waals surface area contributed by atoms with Crippen molar-refractivity contribution in [2.24, 2.45) is 0 Å². The summed E-state index contributed by atoms with van der Waals surface area (Å²) >= 11 is 0. The van der Waals surface area contributed by atoms with E-state index >= 15 is 0 Å². The standard InChI is InChI=1S/C18H12N4/c19-10-14(11-20)12-21-17-5-3-4-15(8-17)16-9-18-6-1-2-7-22(18)13-16/h1-9,12-13,21H. The average molecular weight is 284 g/mol. The molecule has 1 aromatic carbocycles. The van der Waals surface area contributed by atoms with Crippen LogP contribution in [-0.4, -0.2) is 4.40 Å². The van der Waals surface area contributed by atoms with Crippen LogP contribution in [0.5, 0.6) is 0 Å². The van der Waals surface area contributed by atoms with Gasteiger partial charge in [-0.15, -0.1) is 0 Å². The molecule has 3 rings (SSSR count). The molecule has 2 heterocycles. The molecule has 0 spiro atoms. The fourth-order valence-electron chi connectivity index (χ4n) is 2.25. The van der Waals surface area contributed by atoms with E-state index in [1.165, 1.54) is 6.20 Å². The summed E-state index contributed by atoms with van der Waals surface area (Å²) in [5, 5.41) is 20.4. The van der Waals surface area contributed by atoms with Crippen LogP contribution in [0.1, 0.15) is 0 Å². The molecule has 0 radical (unpaired) electrons. The Morgan fingerprint density at radius 3 is 2.64 bits per heavy atom. The van der Waals surface area contributed by atoms with Crippen molar-refractivity contribution >= 4 is 11.2 Å². The van der Waals surface area contributed by atoms with E-state index in [1.54, 1.807) is 0 Å². The zero-order chi connectivity index (χ0) is 15.4. The molecular formula is C18H12N4. The van der Waals surface area contributed by atoms with Crippen molar-refractivity contribution in [1.82, 2.24) is 4.40 Å². The topological polar surface area (TPSA) is 64.0 Å². The largest absolute Gasteiger partial charge is 0.360 e. The third-order valence-electron chi connectivity index (χ3n) is 3.32. The molecule has 0 bridgehead atoms. The molecule has 0 atom stereocenters. The van der Waals surface area contributed by atoms with Gasteiger partial charge in [0.25, 0.3) is 0 Å². The summed E-state index contributed by atoms with van der Waals surface area (Å²) in [5.41, 5.74) is 4.18. The van der Waals surface area contributed by atoms with Crippen molar-refractivity contribution < 1.29 is 0 Å². The van der Waals surface area contributed by atoms with Crippen molar-refractivity contribution in [3.8, 4) is 23.3 Å². The highest BCUT2D eigenvalue weighted by molar-refractivity contribution is 5.73. The minimum atomic E-state index is 0.0417. The number of benzene rings is 1. The molecule has 0 aliphatic heterocycles. The van der Waals surface area contributed by atoms with Crippen molar-refractivity contribution in [3.63, 3.8) is 0 Å². The molecule has 0 unspecified atom stereocenters. The number of hydrogen-bond donors (Lipinski definition) is 1. The van der Waals surface area contributed by atoms with Gasteiger partial charge in [-0.05, 0) is 35.9 Å². The van der Waals surface area contributed by atoms with E-state index in [0.29, 0.717) is 0 Å². The zero-order valence-corrected chi connectivity index (χ0v) is 11.7. The van der Waals surface area contributed by atoms with Crippen LogP contribution in [-0.2, 0) is 0 Å². The number of rotatable bonds is 3. The molecule has 0 saturated heterocycles. The van der Waals surface area contributed by atoms with Gasteiger partial charge in [0.15, 0.2) is 0 Å². The van der Waals surface area contributed by atoms with Gasteiger partial charge in [0.05, 0.1) is 0 Å². The Kier molecular flexibility index (Phi) is 3.59. The Morgan fingerprint density at radius 2 is 1.86 bits per heavy atom. The maximum atomic E-state index is 8.73. The highest BCUT2D eigenvalue weighted by Crippen LogP contribution is 2.25. The quantitative estimate of drug-likeness (QED) is 0.741. The average Bonchev–Trinajstić information content (AvgIpc) is 3.00. The Labute approximate surface area is 128 Å². The van der Waals surface area contributed by atoms with Gasteiger partial charge in [-0.1, -0.05) is 18.2 Å². The van der Waals surface area contributed by atoms with Crippen LogP contribution in [0.2, 0.25) is 0 Å². The first-order valence-electron chi connectivity index (χ1n) is 6.74. The zero-order valence-electron chi connectivity index (χ0n) is 11.7. The van der Waals surface area contributed by atoms with Crippen LogP contribution in [0.15, 0.2) is 72.7 Å². The van der Waals surface area contributed by atoms with Crippen molar-refractivity contribution in [3.05, 3.63) is 72.7 Å². The van der Waals surface area contributed by atoms with Crippen LogP contribution >= 0.6 is 0 Å². The number of anilines is 1. The first-order valence-corrected chi connectivity index (χ1v) is 6.74. The molecule has 0 aliphatic carbocycles. The molecule has 22 heavy (non-hydrogen) atoms. The van der Waals surface area contributed by atoms with Crippen LogP contribution < -0.4 is 5.32 Å². The maximum absolute atomic E-state index is 8.73. The molecule has 3 aromatic rings.